The Hall–Kier alpha value is -1.20. The van der Waals surface area contributed by atoms with Gasteiger partial charge in [-0.25, -0.2) is 0 Å². The van der Waals surface area contributed by atoms with Crippen LogP contribution in [0.15, 0.2) is 18.2 Å². The van der Waals surface area contributed by atoms with Crippen LogP contribution in [-0.2, 0) is 4.79 Å². The molecule has 0 bridgehead atoms. The molecule has 2 aromatic rings. The zero-order valence-electron chi connectivity index (χ0n) is 11.7. The average Bonchev–Trinajstić information content (AvgIpc) is 2.78. The fraction of sp³-hybridized carbons (Fsp3) is 0.467. The summed E-state index contributed by atoms with van der Waals surface area (Å²) < 4.78 is 1.84. The number of H-pyrrole nitrogens is 1. The number of unbranched alkanes of at least 4 members (excludes halogenated alkanes) is 4. The van der Waals surface area contributed by atoms with Crippen molar-refractivity contribution in [1.82, 2.24) is 4.98 Å². The third-order valence-electron chi connectivity index (χ3n) is 3.21. The van der Waals surface area contributed by atoms with Crippen LogP contribution < -0.4 is 5.32 Å². The predicted octanol–water partition coefficient (Wildman–Crippen LogP) is 5.26. The molecule has 0 aliphatic rings. The number of carbonyl (C=O) groups is 1. The first-order valence-corrected chi connectivity index (χ1v) is 8.34. The number of benzene rings is 1. The van der Waals surface area contributed by atoms with Crippen molar-refractivity contribution in [2.45, 2.75) is 45.4 Å². The van der Waals surface area contributed by atoms with Crippen LogP contribution in [0.1, 0.15) is 45.4 Å². The number of nitrogens with one attached hydrogen (secondary N) is 2. The molecule has 1 amide bonds. The molecule has 0 aliphatic heterocycles. The van der Waals surface area contributed by atoms with Crippen molar-refractivity contribution in [3.63, 3.8) is 0 Å². The van der Waals surface area contributed by atoms with Crippen molar-refractivity contribution in [2.75, 3.05) is 5.32 Å². The van der Waals surface area contributed by atoms with Crippen molar-refractivity contribution >= 4 is 45.4 Å². The maximum Gasteiger partial charge on any atom is 0.224 e. The van der Waals surface area contributed by atoms with E-state index in [1.165, 1.54) is 30.6 Å². The van der Waals surface area contributed by atoms with E-state index in [-0.39, 0.29) is 5.91 Å². The molecule has 0 radical (unpaired) electrons. The molecule has 2 rings (SSSR count). The first kappa shape index (κ1) is 15.2. The van der Waals surface area contributed by atoms with Gasteiger partial charge in [-0.2, -0.15) is 0 Å². The maximum atomic E-state index is 11.9. The van der Waals surface area contributed by atoms with E-state index >= 15 is 0 Å². The highest BCUT2D eigenvalue weighted by Gasteiger charge is 2.04. The highest BCUT2D eigenvalue weighted by molar-refractivity contribution is 7.73. The molecule has 1 heterocycles. The highest BCUT2D eigenvalue weighted by atomic mass is 32.1. The van der Waals surface area contributed by atoms with Gasteiger partial charge in [0.05, 0.1) is 10.2 Å². The first-order chi connectivity index (χ1) is 9.69. The lowest BCUT2D eigenvalue weighted by Crippen LogP contribution is -2.10. The Kier molecular flexibility index (Phi) is 5.73. The fourth-order valence-electron chi connectivity index (χ4n) is 2.14. The Labute approximate surface area is 128 Å². The van der Waals surface area contributed by atoms with Gasteiger partial charge in [0.25, 0.3) is 0 Å². The molecule has 1 aromatic carbocycles. The number of carbonyl (C=O) groups excluding carboxylic acids is 1. The van der Waals surface area contributed by atoms with E-state index in [4.69, 9.17) is 12.2 Å². The SMILES string of the molecule is CCCCCCCC(=O)Nc1ccc2[nH]c(=S)sc2c1. The van der Waals surface area contributed by atoms with Crippen molar-refractivity contribution < 1.29 is 4.79 Å². The van der Waals surface area contributed by atoms with Crippen LogP contribution in [0.3, 0.4) is 0 Å². The Bertz CT molecular complexity index is 630. The minimum atomic E-state index is 0.0972. The number of thiazole rings is 1. The summed E-state index contributed by atoms with van der Waals surface area (Å²) in [7, 11) is 0. The summed E-state index contributed by atoms with van der Waals surface area (Å²) in [5.41, 5.74) is 1.87. The van der Waals surface area contributed by atoms with Crippen LogP contribution in [0.5, 0.6) is 0 Å². The fourth-order valence-corrected chi connectivity index (χ4v) is 3.29. The lowest BCUT2D eigenvalue weighted by Gasteiger charge is -2.05. The molecule has 108 valence electrons. The maximum absolute atomic E-state index is 11.9. The molecule has 1 aromatic heterocycles. The second-order valence-electron chi connectivity index (χ2n) is 4.94. The van der Waals surface area contributed by atoms with Crippen LogP contribution in [0, 0.1) is 3.95 Å². The van der Waals surface area contributed by atoms with E-state index in [9.17, 15) is 4.79 Å². The van der Waals surface area contributed by atoms with E-state index in [1.807, 2.05) is 18.2 Å². The number of anilines is 1. The smallest absolute Gasteiger partial charge is 0.224 e. The number of fused-ring (bicyclic) bond motifs is 1. The van der Waals surface area contributed by atoms with Gasteiger partial charge in [0.1, 0.15) is 0 Å². The lowest BCUT2D eigenvalue weighted by atomic mass is 10.1. The van der Waals surface area contributed by atoms with Gasteiger partial charge in [-0.05, 0) is 36.8 Å². The molecule has 0 spiro atoms. The predicted molar refractivity (Wildman–Crippen MR) is 89.0 cm³/mol. The molecule has 3 nitrogen and oxygen atoms in total. The number of hydrogen-bond donors (Lipinski definition) is 2. The largest absolute Gasteiger partial charge is 0.337 e. The Morgan fingerprint density at radius 1 is 1.30 bits per heavy atom. The molecule has 0 aliphatic carbocycles. The summed E-state index contributed by atoms with van der Waals surface area (Å²) in [5.74, 6) is 0.0972. The highest BCUT2D eigenvalue weighted by Crippen LogP contribution is 2.23. The second-order valence-corrected chi connectivity index (χ2v) is 6.66. The molecular formula is C15H20N2OS2. The Morgan fingerprint density at radius 3 is 2.90 bits per heavy atom. The number of aromatic amines is 1. The zero-order chi connectivity index (χ0) is 14.4. The van der Waals surface area contributed by atoms with Gasteiger partial charge in [-0.15, -0.1) is 11.3 Å². The summed E-state index contributed by atoms with van der Waals surface area (Å²) in [5, 5.41) is 2.95. The van der Waals surface area contributed by atoms with Gasteiger partial charge in [0.2, 0.25) is 5.91 Å². The van der Waals surface area contributed by atoms with Crippen LogP contribution in [0.2, 0.25) is 0 Å². The van der Waals surface area contributed by atoms with E-state index in [0.29, 0.717) is 6.42 Å². The van der Waals surface area contributed by atoms with Gasteiger partial charge >= 0.3 is 0 Å². The number of hydrogen-bond acceptors (Lipinski definition) is 3. The third kappa shape index (κ3) is 4.42. The monoisotopic (exact) mass is 308 g/mol. The molecule has 0 saturated heterocycles. The quantitative estimate of drug-likeness (QED) is 0.541. The molecule has 0 atom stereocenters. The molecule has 2 N–H and O–H groups in total. The minimum absolute atomic E-state index is 0.0972. The van der Waals surface area contributed by atoms with Crippen LogP contribution in [-0.4, -0.2) is 10.9 Å². The molecule has 0 fully saturated rings. The molecule has 0 saturated carbocycles. The lowest BCUT2D eigenvalue weighted by molar-refractivity contribution is -0.116. The van der Waals surface area contributed by atoms with E-state index in [0.717, 1.165) is 32.7 Å². The van der Waals surface area contributed by atoms with Crippen molar-refractivity contribution in [2.24, 2.45) is 0 Å². The Balaban J connectivity index is 1.84. The van der Waals surface area contributed by atoms with Crippen molar-refractivity contribution in [3.8, 4) is 0 Å². The first-order valence-electron chi connectivity index (χ1n) is 7.12. The van der Waals surface area contributed by atoms with Crippen LogP contribution in [0.4, 0.5) is 5.69 Å². The van der Waals surface area contributed by atoms with Crippen LogP contribution in [0.25, 0.3) is 10.2 Å². The van der Waals surface area contributed by atoms with E-state index < -0.39 is 0 Å². The molecular weight excluding hydrogens is 288 g/mol. The number of amides is 1. The topological polar surface area (TPSA) is 44.9 Å². The zero-order valence-corrected chi connectivity index (χ0v) is 13.3. The number of aromatic nitrogens is 1. The summed E-state index contributed by atoms with van der Waals surface area (Å²) in [6, 6.07) is 5.84. The van der Waals surface area contributed by atoms with Gasteiger partial charge in [0.15, 0.2) is 3.95 Å². The summed E-state index contributed by atoms with van der Waals surface area (Å²) in [4.78, 5) is 15.0. The standard InChI is InChI=1S/C15H20N2OS2/c1-2-3-4-5-6-7-14(18)16-11-8-9-12-13(10-11)20-15(19)17-12/h8-10H,2-7H2,1H3,(H,16,18)(H,17,19). The molecule has 20 heavy (non-hydrogen) atoms. The van der Waals surface area contributed by atoms with Gasteiger partial charge in [0, 0.05) is 12.1 Å². The van der Waals surface area contributed by atoms with Gasteiger partial charge in [-0.1, -0.05) is 32.6 Å². The van der Waals surface area contributed by atoms with Gasteiger partial charge < -0.3 is 10.3 Å². The van der Waals surface area contributed by atoms with E-state index in [1.54, 1.807) is 0 Å². The van der Waals surface area contributed by atoms with Crippen molar-refractivity contribution in [3.05, 3.63) is 22.2 Å². The van der Waals surface area contributed by atoms with Crippen LogP contribution >= 0.6 is 23.6 Å². The minimum Gasteiger partial charge on any atom is -0.337 e. The van der Waals surface area contributed by atoms with Gasteiger partial charge in [-0.3, -0.25) is 4.79 Å². The second kappa shape index (κ2) is 7.55. The van der Waals surface area contributed by atoms with Crippen molar-refractivity contribution in [1.29, 1.82) is 0 Å². The average molecular weight is 308 g/mol. The van der Waals surface area contributed by atoms with E-state index in [2.05, 4.69) is 17.2 Å². The Morgan fingerprint density at radius 2 is 2.10 bits per heavy atom. The normalized spacial score (nSPS) is 10.8. The molecule has 0 unspecified atom stereocenters. The summed E-state index contributed by atoms with van der Waals surface area (Å²) >= 11 is 6.64. The molecule has 5 heteroatoms. The third-order valence-corrected chi connectivity index (χ3v) is 4.41. The summed E-state index contributed by atoms with van der Waals surface area (Å²) in [6.07, 6.45) is 6.43. The summed E-state index contributed by atoms with van der Waals surface area (Å²) in [6.45, 7) is 2.19. The number of rotatable bonds is 7.